The lowest BCUT2D eigenvalue weighted by molar-refractivity contribution is 0.146. The van der Waals surface area contributed by atoms with Crippen LogP contribution < -0.4 is 0 Å². The molecule has 0 aliphatic heterocycles. The third kappa shape index (κ3) is 2.25. The average molecular weight is 241 g/mol. The fraction of sp³-hybridized carbons (Fsp3) is 0.438. The lowest BCUT2D eigenvalue weighted by Gasteiger charge is -2.17. The third-order valence-electron chi connectivity index (χ3n) is 4.10. The van der Waals surface area contributed by atoms with Gasteiger partial charge in [-0.1, -0.05) is 43.9 Å². The van der Waals surface area contributed by atoms with Gasteiger partial charge in [0.25, 0.3) is 0 Å². The van der Waals surface area contributed by atoms with E-state index >= 15 is 0 Å². The standard InChI is InChI=1S/C16H19NO/c18-16(10-12-4-1-2-5-12)15-7-3-6-13-11-17-9-8-14(13)15/h3,6-9,11-12,16,18H,1-2,4-5,10H2. The zero-order chi connectivity index (χ0) is 12.4. The minimum absolute atomic E-state index is 0.334. The first-order chi connectivity index (χ1) is 8.84. The molecule has 18 heavy (non-hydrogen) atoms. The van der Waals surface area contributed by atoms with Gasteiger partial charge in [-0.25, -0.2) is 0 Å². The number of aromatic nitrogens is 1. The molecular formula is C16H19NO. The molecule has 1 N–H and O–H groups in total. The fourth-order valence-corrected chi connectivity index (χ4v) is 3.13. The monoisotopic (exact) mass is 241 g/mol. The number of pyridine rings is 1. The van der Waals surface area contributed by atoms with Crippen LogP contribution in [-0.4, -0.2) is 10.1 Å². The second-order valence-electron chi connectivity index (χ2n) is 5.35. The molecule has 1 aliphatic carbocycles. The van der Waals surface area contributed by atoms with Gasteiger partial charge in [0.1, 0.15) is 0 Å². The van der Waals surface area contributed by atoms with Gasteiger partial charge in [-0.05, 0) is 29.4 Å². The van der Waals surface area contributed by atoms with Crippen LogP contribution in [0.1, 0.15) is 43.8 Å². The molecule has 0 amide bonds. The Morgan fingerprint density at radius 1 is 1.22 bits per heavy atom. The quantitative estimate of drug-likeness (QED) is 0.885. The number of nitrogens with zero attached hydrogens (tertiary/aromatic N) is 1. The van der Waals surface area contributed by atoms with Crippen LogP contribution in [0, 0.1) is 5.92 Å². The minimum Gasteiger partial charge on any atom is -0.388 e. The maximum atomic E-state index is 10.5. The second kappa shape index (κ2) is 5.07. The van der Waals surface area contributed by atoms with Crippen molar-refractivity contribution in [3.8, 4) is 0 Å². The molecule has 0 spiro atoms. The molecule has 1 fully saturated rings. The van der Waals surface area contributed by atoms with Gasteiger partial charge in [0.2, 0.25) is 0 Å². The highest BCUT2D eigenvalue weighted by molar-refractivity contribution is 5.85. The Balaban J connectivity index is 1.88. The van der Waals surface area contributed by atoms with Gasteiger partial charge in [-0.15, -0.1) is 0 Å². The lowest BCUT2D eigenvalue weighted by atomic mass is 9.93. The number of hydrogen-bond acceptors (Lipinski definition) is 2. The van der Waals surface area contributed by atoms with E-state index in [-0.39, 0.29) is 6.10 Å². The molecule has 0 radical (unpaired) electrons. The molecule has 2 aromatic rings. The maximum absolute atomic E-state index is 10.5. The first-order valence-electron chi connectivity index (χ1n) is 6.85. The number of fused-ring (bicyclic) bond motifs is 1. The van der Waals surface area contributed by atoms with Gasteiger partial charge in [-0.2, -0.15) is 0 Å². The molecule has 1 heterocycles. The SMILES string of the molecule is OC(CC1CCCC1)c1cccc2cnccc12. The summed E-state index contributed by atoms with van der Waals surface area (Å²) in [6.45, 7) is 0. The summed E-state index contributed by atoms with van der Waals surface area (Å²) in [4.78, 5) is 4.13. The van der Waals surface area contributed by atoms with Crippen molar-refractivity contribution < 1.29 is 5.11 Å². The van der Waals surface area contributed by atoms with E-state index in [2.05, 4.69) is 4.98 Å². The number of aliphatic hydroxyl groups is 1. The van der Waals surface area contributed by atoms with E-state index in [1.54, 1.807) is 6.20 Å². The van der Waals surface area contributed by atoms with E-state index in [0.29, 0.717) is 5.92 Å². The first kappa shape index (κ1) is 11.7. The Labute approximate surface area is 108 Å². The van der Waals surface area contributed by atoms with Crippen LogP contribution in [0.3, 0.4) is 0 Å². The highest BCUT2D eigenvalue weighted by Gasteiger charge is 2.20. The van der Waals surface area contributed by atoms with Crippen molar-refractivity contribution in [1.82, 2.24) is 4.98 Å². The van der Waals surface area contributed by atoms with Gasteiger partial charge in [0.05, 0.1) is 6.10 Å². The van der Waals surface area contributed by atoms with Gasteiger partial charge >= 0.3 is 0 Å². The average Bonchev–Trinajstić information content (AvgIpc) is 2.91. The van der Waals surface area contributed by atoms with Crippen LogP contribution in [0.15, 0.2) is 36.7 Å². The third-order valence-corrected chi connectivity index (χ3v) is 4.10. The molecule has 1 unspecified atom stereocenters. The number of hydrogen-bond donors (Lipinski definition) is 1. The summed E-state index contributed by atoms with van der Waals surface area (Å²) in [7, 11) is 0. The van der Waals surface area contributed by atoms with Crippen LogP contribution in [0.4, 0.5) is 0 Å². The smallest absolute Gasteiger partial charge is 0.0798 e. The van der Waals surface area contributed by atoms with Crippen LogP contribution >= 0.6 is 0 Å². The van der Waals surface area contributed by atoms with Crippen LogP contribution in [0.2, 0.25) is 0 Å². The molecular weight excluding hydrogens is 222 g/mol. The van der Waals surface area contributed by atoms with Crippen molar-refractivity contribution in [2.75, 3.05) is 0 Å². The fourth-order valence-electron chi connectivity index (χ4n) is 3.13. The molecule has 2 heteroatoms. The summed E-state index contributed by atoms with van der Waals surface area (Å²) < 4.78 is 0. The number of rotatable bonds is 3. The minimum atomic E-state index is -0.334. The molecule has 94 valence electrons. The van der Waals surface area contributed by atoms with Crippen molar-refractivity contribution in [2.24, 2.45) is 5.92 Å². The summed E-state index contributed by atoms with van der Waals surface area (Å²) in [5, 5.41) is 12.7. The Hall–Kier alpha value is -1.41. The van der Waals surface area contributed by atoms with Gasteiger partial charge in [0, 0.05) is 17.8 Å². The molecule has 0 saturated heterocycles. The van der Waals surface area contributed by atoms with E-state index in [0.717, 1.165) is 22.8 Å². The maximum Gasteiger partial charge on any atom is 0.0798 e. The summed E-state index contributed by atoms with van der Waals surface area (Å²) in [5.74, 6) is 0.706. The molecule has 1 aromatic heterocycles. The van der Waals surface area contributed by atoms with E-state index in [9.17, 15) is 5.11 Å². The van der Waals surface area contributed by atoms with Crippen LogP contribution in [-0.2, 0) is 0 Å². The zero-order valence-corrected chi connectivity index (χ0v) is 10.5. The molecule has 2 nitrogen and oxygen atoms in total. The molecule has 1 aromatic carbocycles. The Kier molecular flexibility index (Phi) is 3.28. The Bertz CT molecular complexity index is 526. The van der Waals surface area contributed by atoms with Crippen molar-refractivity contribution in [3.63, 3.8) is 0 Å². The van der Waals surface area contributed by atoms with Crippen molar-refractivity contribution in [1.29, 1.82) is 0 Å². The normalized spacial score (nSPS) is 18.3. The highest BCUT2D eigenvalue weighted by atomic mass is 16.3. The predicted octanol–water partition coefficient (Wildman–Crippen LogP) is 3.85. The molecule has 1 saturated carbocycles. The molecule has 0 bridgehead atoms. The van der Waals surface area contributed by atoms with E-state index in [1.807, 2.05) is 30.5 Å². The van der Waals surface area contributed by atoms with Crippen molar-refractivity contribution in [2.45, 2.75) is 38.2 Å². The Morgan fingerprint density at radius 3 is 2.89 bits per heavy atom. The van der Waals surface area contributed by atoms with Gasteiger partial charge in [0.15, 0.2) is 0 Å². The topological polar surface area (TPSA) is 33.1 Å². The molecule has 1 aliphatic rings. The highest BCUT2D eigenvalue weighted by Crippen LogP contribution is 2.34. The second-order valence-corrected chi connectivity index (χ2v) is 5.35. The van der Waals surface area contributed by atoms with E-state index in [1.165, 1.54) is 25.7 Å². The number of aliphatic hydroxyl groups excluding tert-OH is 1. The number of benzene rings is 1. The molecule has 1 atom stereocenters. The summed E-state index contributed by atoms with van der Waals surface area (Å²) in [6, 6.07) is 8.11. The van der Waals surface area contributed by atoms with Crippen LogP contribution in [0.5, 0.6) is 0 Å². The molecule has 3 rings (SSSR count). The predicted molar refractivity (Wildman–Crippen MR) is 73.3 cm³/mol. The Morgan fingerprint density at radius 2 is 2.06 bits per heavy atom. The van der Waals surface area contributed by atoms with Crippen molar-refractivity contribution in [3.05, 3.63) is 42.2 Å². The largest absolute Gasteiger partial charge is 0.388 e. The van der Waals surface area contributed by atoms with E-state index in [4.69, 9.17) is 0 Å². The van der Waals surface area contributed by atoms with Crippen LogP contribution in [0.25, 0.3) is 10.8 Å². The van der Waals surface area contributed by atoms with Gasteiger partial charge < -0.3 is 5.11 Å². The lowest BCUT2D eigenvalue weighted by Crippen LogP contribution is -2.04. The summed E-state index contributed by atoms with van der Waals surface area (Å²) in [6.07, 6.45) is 9.45. The first-order valence-corrected chi connectivity index (χ1v) is 6.85. The van der Waals surface area contributed by atoms with Crippen molar-refractivity contribution >= 4 is 10.8 Å². The van der Waals surface area contributed by atoms with E-state index < -0.39 is 0 Å². The summed E-state index contributed by atoms with van der Waals surface area (Å²) in [5.41, 5.74) is 1.06. The summed E-state index contributed by atoms with van der Waals surface area (Å²) >= 11 is 0. The zero-order valence-electron chi connectivity index (χ0n) is 10.5. The van der Waals surface area contributed by atoms with Gasteiger partial charge in [-0.3, -0.25) is 4.98 Å².